The van der Waals surface area contributed by atoms with Crippen molar-refractivity contribution in [3.63, 3.8) is 0 Å². The lowest BCUT2D eigenvalue weighted by Crippen LogP contribution is -1.90. The minimum Gasteiger partial charge on any atom is -0.497 e. The van der Waals surface area contributed by atoms with E-state index in [1.54, 1.807) is 18.4 Å². The molecule has 2 N–H and O–H groups in total. The monoisotopic (exact) mass is 304 g/mol. The maximum Gasteiger partial charge on any atom is 0.166 e. The molecule has 0 unspecified atom stereocenters. The molecule has 102 valence electrons. The van der Waals surface area contributed by atoms with Crippen molar-refractivity contribution in [3.8, 4) is 5.75 Å². The summed E-state index contributed by atoms with van der Waals surface area (Å²) < 4.78 is 9.77. The molecule has 6 heteroatoms. The van der Waals surface area contributed by atoms with E-state index < -0.39 is 0 Å². The molecule has 0 spiro atoms. The Hall–Kier alpha value is -1.92. The van der Waals surface area contributed by atoms with Gasteiger partial charge in [0.25, 0.3) is 0 Å². The molecule has 2 aromatic heterocycles. The number of ether oxygens (including phenoxy) is 1. The predicted octanol–water partition coefficient (Wildman–Crippen LogP) is 4.17. The largest absolute Gasteiger partial charge is 0.497 e. The number of nitrogens with one attached hydrogen (secondary N) is 2. The fourth-order valence-corrected chi connectivity index (χ4v) is 3.38. The quantitative estimate of drug-likeness (QED) is 0.549. The second kappa shape index (κ2) is 5.60. The maximum absolute atomic E-state index is 10.9. The SMILES string of the molecule is COc1cc(NSc2cccs2)c2[nH]c(C=O)cc2c1. The van der Waals surface area contributed by atoms with Gasteiger partial charge in [-0.3, -0.25) is 4.79 Å². The highest BCUT2D eigenvalue weighted by molar-refractivity contribution is 8.02. The third-order valence-corrected chi connectivity index (χ3v) is 4.70. The van der Waals surface area contributed by atoms with Crippen LogP contribution >= 0.6 is 23.3 Å². The number of anilines is 1. The number of H-pyrrole nitrogens is 1. The highest BCUT2D eigenvalue weighted by atomic mass is 32.2. The number of hydrogen-bond acceptors (Lipinski definition) is 5. The van der Waals surface area contributed by atoms with Crippen LogP contribution in [-0.2, 0) is 0 Å². The zero-order valence-electron chi connectivity index (χ0n) is 10.7. The number of fused-ring (bicyclic) bond motifs is 1. The van der Waals surface area contributed by atoms with Gasteiger partial charge in [0.15, 0.2) is 6.29 Å². The van der Waals surface area contributed by atoms with Crippen molar-refractivity contribution >= 4 is 46.2 Å². The molecule has 0 radical (unpaired) electrons. The molecule has 0 bridgehead atoms. The van der Waals surface area contributed by atoms with Gasteiger partial charge in [-0.25, -0.2) is 0 Å². The topological polar surface area (TPSA) is 54.1 Å². The molecule has 0 fully saturated rings. The highest BCUT2D eigenvalue weighted by Crippen LogP contribution is 2.33. The Bertz CT molecular complexity index is 735. The van der Waals surface area contributed by atoms with Crippen molar-refractivity contribution in [2.24, 2.45) is 0 Å². The van der Waals surface area contributed by atoms with Gasteiger partial charge in [-0.15, -0.1) is 11.3 Å². The molecule has 3 rings (SSSR count). The van der Waals surface area contributed by atoms with Crippen LogP contribution in [0.15, 0.2) is 39.9 Å². The molecular weight excluding hydrogens is 292 g/mol. The summed E-state index contributed by atoms with van der Waals surface area (Å²) in [6, 6.07) is 9.68. The van der Waals surface area contributed by atoms with Crippen LogP contribution in [0.2, 0.25) is 0 Å². The number of hydrogen-bond donors (Lipinski definition) is 2. The first-order valence-electron chi connectivity index (χ1n) is 5.92. The van der Waals surface area contributed by atoms with Gasteiger partial charge in [0.2, 0.25) is 0 Å². The van der Waals surface area contributed by atoms with E-state index in [2.05, 4.69) is 9.71 Å². The maximum atomic E-state index is 10.9. The highest BCUT2D eigenvalue weighted by Gasteiger charge is 2.09. The Balaban J connectivity index is 1.98. The van der Waals surface area contributed by atoms with Gasteiger partial charge in [-0.1, -0.05) is 6.07 Å². The smallest absolute Gasteiger partial charge is 0.166 e. The fourth-order valence-electron chi connectivity index (χ4n) is 1.93. The van der Waals surface area contributed by atoms with Gasteiger partial charge in [0.05, 0.1) is 28.2 Å². The number of rotatable bonds is 5. The number of aromatic nitrogens is 1. The minimum atomic E-state index is 0.553. The van der Waals surface area contributed by atoms with E-state index >= 15 is 0 Å². The molecule has 0 aliphatic heterocycles. The van der Waals surface area contributed by atoms with Crippen LogP contribution in [0.25, 0.3) is 10.9 Å². The zero-order chi connectivity index (χ0) is 13.9. The van der Waals surface area contributed by atoms with Gasteiger partial charge in [-0.05, 0) is 35.5 Å². The summed E-state index contributed by atoms with van der Waals surface area (Å²) in [4.78, 5) is 14.0. The average Bonchev–Trinajstić information content (AvgIpc) is 3.12. The summed E-state index contributed by atoms with van der Waals surface area (Å²) in [5.74, 6) is 0.753. The number of carbonyl (C=O) groups is 1. The van der Waals surface area contributed by atoms with Crippen molar-refractivity contribution in [1.29, 1.82) is 0 Å². The molecule has 0 aliphatic carbocycles. The van der Waals surface area contributed by atoms with E-state index in [1.165, 1.54) is 16.2 Å². The Morgan fingerprint density at radius 3 is 3.00 bits per heavy atom. The van der Waals surface area contributed by atoms with Crippen LogP contribution in [0.1, 0.15) is 10.5 Å². The Morgan fingerprint density at radius 1 is 1.40 bits per heavy atom. The van der Waals surface area contributed by atoms with E-state index in [9.17, 15) is 4.79 Å². The van der Waals surface area contributed by atoms with Crippen molar-refractivity contribution in [3.05, 3.63) is 41.4 Å². The molecule has 1 aromatic carbocycles. The fraction of sp³-hybridized carbons (Fsp3) is 0.0714. The predicted molar refractivity (Wildman–Crippen MR) is 84.0 cm³/mol. The zero-order valence-corrected chi connectivity index (χ0v) is 12.3. The lowest BCUT2D eigenvalue weighted by molar-refractivity contribution is 0.112. The van der Waals surface area contributed by atoms with Crippen molar-refractivity contribution in [2.45, 2.75) is 4.21 Å². The molecule has 0 aliphatic rings. The second-order valence-corrected chi connectivity index (χ2v) is 6.17. The summed E-state index contributed by atoms with van der Waals surface area (Å²) in [6.07, 6.45) is 0.808. The second-order valence-electron chi connectivity index (χ2n) is 4.12. The van der Waals surface area contributed by atoms with Crippen molar-refractivity contribution in [1.82, 2.24) is 4.98 Å². The summed E-state index contributed by atoms with van der Waals surface area (Å²) >= 11 is 3.21. The van der Waals surface area contributed by atoms with E-state index in [1.807, 2.05) is 35.7 Å². The first kappa shape index (κ1) is 13.1. The van der Waals surface area contributed by atoms with E-state index in [-0.39, 0.29) is 0 Å². The standard InChI is InChI=1S/C14H12N2O2S2/c1-18-11-6-9-5-10(8-17)15-14(9)12(7-11)16-20-13-3-2-4-19-13/h2-8,15-16H,1H3. The molecule has 0 saturated carbocycles. The lowest BCUT2D eigenvalue weighted by Gasteiger charge is -2.08. The van der Waals surface area contributed by atoms with Gasteiger partial charge in [-0.2, -0.15) is 0 Å². The number of thiophene rings is 1. The molecule has 3 aromatic rings. The van der Waals surface area contributed by atoms with Crippen molar-refractivity contribution < 1.29 is 9.53 Å². The number of aldehydes is 1. The number of carbonyl (C=O) groups excluding carboxylic acids is 1. The summed E-state index contributed by atoms with van der Waals surface area (Å²) in [6.45, 7) is 0. The molecule has 0 atom stereocenters. The minimum absolute atomic E-state index is 0.553. The van der Waals surface area contributed by atoms with Crippen LogP contribution in [0.3, 0.4) is 0 Å². The van der Waals surface area contributed by atoms with Crippen LogP contribution in [0.5, 0.6) is 5.75 Å². The first-order chi connectivity index (χ1) is 9.80. The van der Waals surface area contributed by atoms with Crippen LogP contribution in [-0.4, -0.2) is 18.4 Å². The summed E-state index contributed by atoms with van der Waals surface area (Å²) in [7, 11) is 1.63. The van der Waals surface area contributed by atoms with Gasteiger partial charge >= 0.3 is 0 Å². The lowest BCUT2D eigenvalue weighted by atomic mass is 10.2. The third-order valence-electron chi connectivity index (χ3n) is 2.84. The average molecular weight is 304 g/mol. The Kier molecular flexibility index (Phi) is 3.66. The Labute approximate surface area is 124 Å². The van der Waals surface area contributed by atoms with Gasteiger partial charge in [0.1, 0.15) is 5.75 Å². The number of methoxy groups -OCH3 is 1. The Morgan fingerprint density at radius 2 is 2.30 bits per heavy atom. The van der Waals surface area contributed by atoms with Crippen LogP contribution < -0.4 is 9.46 Å². The molecule has 0 saturated heterocycles. The van der Waals surface area contributed by atoms with Crippen LogP contribution in [0, 0.1) is 0 Å². The van der Waals surface area contributed by atoms with Gasteiger partial charge < -0.3 is 14.4 Å². The van der Waals surface area contributed by atoms with Gasteiger partial charge in [0, 0.05) is 11.5 Å². The van der Waals surface area contributed by atoms with E-state index in [0.29, 0.717) is 5.69 Å². The number of aromatic amines is 1. The molecule has 20 heavy (non-hydrogen) atoms. The third kappa shape index (κ3) is 2.52. The molecule has 0 amide bonds. The van der Waals surface area contributed by atoms with E-state index in [4.69, 9.17) is 4.74 Å². The first-order valence-corrected chi connectivity index (χ1v) is 7.62. The summed E-state index contributed by atoms with van der Waals surface area (Å²) in [5.41, 5.74) is 2.35. The van der Waals surface area contributed by atoms with E-state index in [0.717, 1.165) is 28.6 Å². The number of benzene rings is 1. The summed E-state index contributed by atoms with van der Waals surface area (Å²) in [5, 5.41) is 2.98. The van der Waals surface area contributed by atoms with Crippen molar-refractivity contribution in [2.75, 3.05) is 11.8 Å². The normalized spacial score (nSPS) is 10.7. The molecule has 2 heterocycles. The molecule has 4 nitrogen and oxygen atoms in total. The molecular formula is C14H12N2O2S2. The van der Waals surface area contributed by atoms with Crippen LogP contribution in [0.4, 0.5) is 5.69 Å².